The summed E-state index contributed by atoms with van der Waals surface area (Å²) in [5.74, 6) is 7.31. The van der Waals surface area contributed by atoms with Gasteiger partial charge in [-0.2, -0.15) is 4.98 Å². The molecule has 0 spiro atoms. The van der Waals surface area contributed by atoms with Crippen molar-refractivity contribution in [3.63, 3.8) is 0 Å². The highest BCUT2D eigenvalue weighted by Crippen LogP contribution is 2.32. The molecule has 0 aromatic carbocycles. The Labute approximate surface area is 221 Å². The van der Waals surface area contributed by atoms with E-state index in [2.05, 4.69) is 48.4 Å². The van der Waals surface area contributed by atoms with E-state index in [-0.39, 0.29) is 11.6 Å². The van der Waals surface area contributed by atoms with Gasteiger partial charge < -0.3 is 15.5 Å². The monoisotopic (exact) mass is 506 g/mol. The second kappa shape index (κ2) is 10.6. The van der Waals surface area contributed by atoms with E-state index in [4.69, 9.17) is 4.98 Å². The summed E-state index contributed by atoms with van der Waals surface area (Å²) in [5, 5.41) is 7.43. The highest BCUT2D eigenvalue weighted by Gasteiger charge is 2.24. The Morgan fingerprint density at radius 3 is 2.61 bits per heavy atom. The molecule has 1 saturated heterocycles. The van der Waals surface area contributed by atoms with E-state index in [1.54, 1.807) is 18.6 Å². The minimum Gasteiger partial charge on any atom is -0.368 e. The first-order valence-corrected chi connectivity index (χ1v) is 13.2. The number of nitrogens with one attached hydrogen (secondary N) is 2. The number of anilines is 3. The van der Waals surface area contributed by atoms with Crippen LogP contribution in [0.25, 0.3) is 11.0 Å². The van der Waals surface area contributed by atoms with Gasteiger partial charge in [0.2, 0.25) is 5.95 Å². The number of rotatable bonds is 4. The van der Waals surface area contributed by atoms with Gasteiger partial charge in [-0.3, -0.25) is 14.3 Å². The number of fused-ring (bicyclic) bond motifs is 1. The topological polar surface area (TPSA) is 101 Å². The molecule has 6 rings (SSSR count). The van der Waals surface area contributed by atoms with Crippen LogP contribution in [-0.4, -0.2) is 50.7 Å². The van der Waals surface area contributed by atoms with E-state index in [1.807, 2.05) is 35.9 Å². The van der Waals surface area contributed by atoms with Gasteiger partial charge in [-0.05, 0) is 49.6 Å². The van der Waals surface area contributed by atoms with Gasteiger partial charge in [0.05, 0.1) is 17.4 Å². The predicted molar refractivity (Wildman–Crippen MR) is 149 cm³/mol. The van der Waals surface area contributed by atoms with E-state index in [0.717, 1.165) is 74.1 Å². The first-order valence-electron chi connectivity index (χ1n) is 13.2. The van der Waals surface area contributed by atoms with Crippen molar-refractivity contribution in [1.82, 2.24) is 29.8 Å². The van der Waals surface area contributed by atoms with Crippen LogP contribution in [0.5, 0.6) is 0 Å². The zero-order valence-electron chi connectivity index (χ0n) is 21.4. The molecule has 0 bridgehead atoms. The summed E-state index contributed by atoms with van der Waals surface area (Å²) in [6.45, 7) is 5.81. The van der Waals surface area contributed by atoms with Gasteiger partial charge in [0.1, 0.15) is 11.5 Å². The van der Waals surface area contributed by atoms with Crippen LogP contribution in [0.3, 0.4) is 0 Å². The summed E-state index contributed by atoms with van der Waals surface area (Å²) in [6.07, 6.45) is 11.2. The zero-order chi connectivity index (χ0) is 25.9. The minimum atomic E-state index is -0.0959. The Kier molecular flexibility index (Phi) is 6.71. The van der Waals surface area contributed by atoms with Crippen molar-refractivity contribution in [3.05, 3.63) is 76.1 Å². The number of hydrogen-bond donors (Lipinski definition) is 2. The molecule has 4 aromatic heterocycles. The van der Waals surface area contributed by atoms with Crippen LogP contribution in [0.4, 0.5) is 17.5 Å². The minimum absolute atomic E-state index is 0.0959. The van der Waals surface area contributed by atoms with Crippen molar-refractivity contribution in [2.75, 3.05) is 36.4 Å². The standard InChI is InChI=1S/C29H30N8O/c1-20-24(10-8-21-5-4-12-31-17-21)28(38)37(22-6-2-3-7-22)27-25(20)19-33-29(35-27)34-26-11-9-23(18-32-26)36-15-13-30-14-16-36/h4-5,9,11-12,17-19,22,30H,2-3,6-7,13-16H2,1H3,(H,32,33,34,35). The molecule has 0 radical (unpaired) electrons. The van der Waals surface area contributed by atoms with Crippen LogP contribution in [0.15, 0.2) is 53.8 Å². The molecule has 2 aliphatic rings. The van der Waals surface area contributed by atoms with Crippen LogP contribution < -0.4 is 21.1 Å². The second-order valence-corrected chi connectivity index (χ2v) is 9.80. The SMILES string of the molecule is Cc1c(C#Cc2cccnc2)c(=O)n(C2CCCC2)c2nc(Nc3ccc(N4CCNCC4)cn3)ncc12. The number of nitrogens with zero attached hydrogens (tertiary/aromatic N) is 6. The van der Waals surface area contributed by atoms with E-state index in [9.17, 15) is 4.79 Å². The second-order valence-electron chi connectivity index (χ2n) is 9.80. The molecule has 192 valence electrons. The van der Waals surface area contributed by atoms with E-state index >= 15 is 0 Å². The Hall–Kier alpha value is -4.29. The third kappa shape index (κ3) is 4.83. The quantitative estimate of drug-likeness (QED) is 0.405. The summed E-state index contributed by atoms with van der Waals surface area (Å²) >= 11 is 0. The fourth-order valence-electron chi connectivity index (χ4n) is 5.30. The number of aromatic nitrogens is 5. The van der Waals surface area contributed by atoms with Crippen LogP contribution in [0, 0.1) is 18.8 Å². The average molecular weight is 507 g/mol. The molecule has 9 heteroatoms. The zero-order valence-corrected chi connectivity index (χ0v) is 21.4. The summed E-state index contributed by atoms with van der Waals surface area (Å²) in [7, 11) is 0. The van der Waals surface area contributed by atoms with Crippen molar-refractivity contribution in [3.8, 4) is 11.8 Å². The molecule has 2 fully saturated rings. The number of pyridine rings is 3. The number of aryl methyl sites for hydroxylation is 1. The maximum Gasteiger partial charge on any atom is 0.268 e. The molecule has 1 aliphatic heterocycles. The van der Waals surface area contributed by atoms with Gasteiger partial charge in [-0.1, -0.05) is 24.7 Å². The number of piperazine rings is 1. The van der Waals surface area contributed by atoms with Crippen molar-refractivity contribution in [2.24, 2.45) is 0 Å². The van der Waals surface area contributed by atoms with E-state index in [0.29, 0.717) is 23.0 Å². The van der Waals surface area contributed by atoms with Gasteiger partial charge in [0.25, 0.3) is 5.56 Å². The van der Waals surface area contributed by atoms with Crippen LogP contribution >= 0.6 is 0 Å². The molecule has 38 heavy (non-hydrogen) atoms. The Morgan fingerprint density at radius 1 is 1.03 bits per heavy atom. The molecular weight excluding hydrogens is 476 g/mol. The molecule has 9 nitrogen and oxygen atoms in total. The third-order valence-electron chi connectivity index (χ3n) is 7.36. The summed E-state index contributed by atoms with van der Waals surface area (Å²) in [5.41, 5.74) is 3.69. The molecule has 5 heterocycles. The van der Waals surface area contributed by atoms with Crippen LogP contribution in [0.2, 0.25) is 0 Å². The maximum absolute atomic E-state index is 13.8. The largest absolute Gasteiger partial charge is 0.368 e. The van der Waals surface area contributed by atoms with Crippen molar-refractivity contribution in [1.29, 1.82) is 0 Å². The Morgan fingerprint density at radius 2 is 1.87 bits per heavy atom. The normalized spacial score (nSPS) is 15.9. The molecule has 2 N–H and O–H groups in total. The van der Waals surface area contributed by atoms with E-state index in [1.165, 1.54) is 0 Å². The highest BCUT2D eigenvalue weighted by molar-refractivity contribution is 5.82. The maximum atomic E-state index is 13.8. The molecule has 0 unspecified atom stereocenters. The first kappa shape index (κ1) is 24.1. The summed E-state index contributed by atoms with van der Waals surface area (Å²) in [6, 6.07) is 7.83. The lowest BCUT2D eigenvalue weighted by molar-refractivity contribution is 0.515. The smallest absolute Gasteiger partial charge is 0.268 e. The van der Waals surface area contributed by atoms with E-state index < -0.39 is 0 Å². The van der Waals surface area contributed by atoms with Crippen molar-refractivity contribution >= 4 is 28.5 Å². The van der Waals surface area contributed by atoms with Gasteiger partial charge in [0.15, 0.2) is 0 Å². The van der Waals surface area contributed by atoms with Gasteiger partial charge in [-0.15, -0.1) is 0 Å². The summed E-state index contributed by atoms with van der Waals surface area (Å²) < 4.78 is 1.84. The van der Waals surface area contributed by atoms with Gasteiger partial charge in [0, 0.05) is 61.8 Å². The van der Waals surface area contributed by atoms with Crippen molar-refractivity contribution < 1.29 is 0 Å². The average Bonchev–Trinajstić information content (AvgIpc) is 3.49. The fraction of sp³-hybridized carbons (Fsp3) is 0.345. The number of hydrogen-bond acceptors (Lipinski definition) is 8. The molecule has 4 aromatic rings. The molecule has 0 atom stereocenters. The lowest BCUT2D eigenvalue weighted by Gasteiger charge is -2.29. The summed E-state index contributed by atoms with van der Waals surface area (Å²) in [4.78, 5) is 34.2. The third-order valence-corrected chi connectivity index (χ3v) is 7.36. The van der Waals surface area contributed by atoms with Crippen LogP contribution in [-0.2, 0) is 0 Å². The van der Waals surface area contributed by atoms with Crippen molar-refractivity contribution in [2.45, 2.75) is 38.6 Å². The van der Waals surface area contributed by atoms with Gasteiger partial charge in [-0.25, -0.2) is 9.97 Å². The molecular formula is C29H30N8O. The van der Waals surface area contributed by atoms with Gasteiger partial charge >= 0.3 is 0 Å². The fourth-order valence-corrected chi connectivity index (χ4v) is 5.30. The lowest BCUT2D eigenvalue weighted by Crippen LogP contribution is -2.43. The first-order chi connectivity index (χ1) is 18.7. The Bertz CT molecular complexity index is 1560. The Balaban J connectivity index is 1.37. The van der Waals surface area contributed by atoms with Crippen LogP contribution in [0.1, 0.15) is 48.4 Å². The molecule has 1 aliphatic carbocycles. The lowest BCUT2D eigenvalue weighted by atomic mass is 10.1. The predicted octanol–water partition coefficient (Wildman–Crippen LogP) is 3.56. The molecule has 1 saturated carbocycles. The molecule has 0 amide bonds. The highest BCUT2D eigenvalue weighted by atomic mass is 16.1.